The van der Waals surface area contributed by atoms with Crippen molar-refractivity contribution in [3.8, 4) is 5.75 Å². The number of H-pyrrole nitrogens is 1. The molecule has 0 radical (unpaired) electrons. The maximum atomic E-state index is 13.1. The highest BCUT2D eigenvalue weighted by Crippen LogP contribution is 2.27. The summed E-state index contributed by atoms with van der Waals surface area (Å²) in [6.45, 7) is 3.70. The Bertz CT molecular complexity index is 868. The lowest BCUT2D eigenvalue weighted by molar-refractivity contribution is -0.138. The number of aromatic amines is 1. The Hall–Kier alpha value is -2.41. The molecule has 1 unspecified atom stereocenters. The van der Waals surface area contributed by atoms with Crippen molar-refractivity contribution in [2.75, 3.05) is 0 Å². The summed E-state index contributed by atoms with van der Waals surface area (Å²) in [5.41, 5.74) is 0.848. The van der Waals surface area contributed by atoms with E-state index in [0.717, 1.165) is 6.07 Å². The number of fused-ring (bicyclic) bond motifs is 1. The normalized spacial score (nSPS) is 14.4. The number of amides is 1. The van der Waals surface area contributed by atoms with Crippen molar-refractivity contribution < 1.29 is 13.9 Å². The van der Waals surface area contributed by atoms with E-state index in [1.807, 2.05) is 0 Å². The molecule has 1 amide bonds. The van der Waals surface area contributed by atoms with Crippen molar-refractivity contribution in [3.05, 3.63) is 56.5 Å². The van der Waals surface area contributed by atoms with E-state index in [1.54, 1.807) is 13.8 Å². The topological polar surface area (TPSA) is 75.3 Å². The van der Waals surface area contributed by atoms with E-state index in [-0.39, 0.29) is 35.3 Å². The number of hydrogen-bond acceptors (Lipinski definition) is 4. The Morgan fingerprint density at radius 2 is 2.21 bits per heavy atom. The van der Waals surface area contributed by atoms with Gasteiger partial charge >= 0.3 is 0 Å². The van der Waals surface area contributed by atoms with Crippen LogP contribution in [-0.2, 0) is 17.9 Å². The molecule has 1 aliphatic heterocycles. The number of benzene rings is 1. The van der Waals surface area contributed by atoms with Gasteiger partial charge in [0.25, 0.3) is 11.5 Å². The van der Waals surface area contributed by atoms with Crippen molar-refractivity contribution >= 4 is 17.5 Å². The summed E-state index contributed by atoms with van der Waals surface area (Å²) >= 11 is 5.90. The minimum absolute atomic E-state index is 0.0908. The van der Waals surface area contributed by atoms with Gasteiger partial charge in [0.2, 0.25) is 0 Å². The Kier molecular flexibility index (Phi) is 4.28. The van der Waals surface area contributed by atoms with Crippen molar-refractivity contribution in [2.24, 2.45) is 0 Å². The fourth-order valence-electron chi connectivity index (χ4n) is 2.61. The lowest BCUT2D eigenvalue weighted by Crippen LogP contribution is -2.37. The smallest absolute Gasteiger partial charge is 0.264 e. The van der Waals surface area contributed by atoms with E-state index >= 15 is 0 Å². The molecule has 0 saturated carbocycles. The Morgan fingerprint density at radius 3 is 2.92 bits per heavy atom. The molecule has 0 bridgehead atoms. The Morgan fingerprint density at radius 1 is 1.46 bits per heavy atom. The number of hydrogen-bond donors (Lipinski definition) is 1. The molecule has 0 aliphatic carbocycles. The maximum absolute atomic E-state index is 13.1. The lowest BCUT2D eigenvalue weighted by atomic mass is 10.3. The van der Waals surface area contributed by atoms with E-state index in [1.165, 1.54) is 17.0 Å². The summed E-state index contributed by atoms with van der Waals surface area (Å²) < 4.78 is 18.6. The van der Waals surface area contributed by atoms with Gasteiger partial charge in [-0.05, 0) is 32.0 Å². The first-order valence-corrected chi connectivity index (χ1v) is 7.72. The van der Waals surface area contributed by atoms with Crippen LogP contribution in [0.15, 0.2) is 23.0 Å². The number of rotatable bonds is 3. The Labute approximate surface area is 142 Å². The molecule has 0 fully saturated rings. The van der Waals surface area contributed by atoms with Crippen LogP contribution in [0.4, 0.5) is 4.39 Å². The van der Waals surface area contributed by atoms with Crippen LogP contribution in [0, 0.1) is 12.7 Å². The molecule has 24 heavy (non-hydrogen) atoms. The molecule has 2 heterocycles. The second kappa shape index (κ2) is 6.24. The van der Waals surface area contributed by atoms with Crippen molar-refractivity contribution in [1.82, 2.24) is 14.9 Å². The van der Waals surface area contributed by atoms with Crippen LogP contribution in [0.1, 0.15) is 24.0 Å². The van der Waals surface area contributed by atoms with E-state index < -0.39 is 11.9 Å². The molecule has 1 N–H and O–H groups in total. The minimum Gasteiger partial charge on any atom is -0.479 e. The van der Waals surface area contributed by atoms with Gasteiger partial charge in [-0.2, -0.15) is 0 Å². The second-order valence-electron chi connectivity index (χ2n) is 5.61. The second-order valence-corrected chi connectivity index (χ2v) is 6.01. The maximum Gasteiger partial charge on any atom is 0.264 e. The molecular formula is C16H15ClFN3O3. The Balaban J connectivity index is 1.73. The number of ether oxygens (including phenoxy) is 1. The monoisotopic (exact) mass is 351 g/mol. The summed E-state index contributed by atoms with van der Waals surface area (Å²) in [4.78, 5) is 32.8. The zero-order valence-electron chi connectivity index (χ0n) is 13.1. The van der Waals surface area contributed by atoms with E-state index in [9.17, 15) is 14.0 Å². The SMILES string of the molecule is Cc1nc2c(c(=O)[nH]1)CN(C(=O)C(C)Oc1ccc(F)cc1Cl)C2. The summed E-state index contributed by atoms with van der Waals surface area (Å²) in [5.74, 6) is -0.0506. The molecule has 8 heteroatoms. The molecule has 0 saturated heterocycles. The van der Waals surface area contributed by atoms with Crippen molar-refractivity contribution in [1.29, 1.82) is 0 Å². The molecule has 2 aromatic rings. The number of halogens is 2. The third kappa shape index (κ3) is 3.12. The third-order valence-corrected chi connectivity index (χ3v) is 4.06. The summed E-state index contributed by atoms with van der Waals surface area (Å²) in [7, 11) is 0. The van der Waals surface area contributed by atoms with Gasteiger partial charge in [-0.15, -0.1) is 0 Å². The predicted molar refractivity (Wildman–Crippen MR) is 85.3 cm³/mol. The first-order valence-electron chi connectivity index (χ1n) is 7.34. The minimum atomic E-state index is -0.831. The molecule has 1 atom stereocenters. The largest absolute Gasteiger partial charge is 0.479 e. The van der Waals surface area contributed by atoms with Gasteiger partial charge in [0.15, 0.2) is 6.10 Å². The first kappa shape index (κ1) is 16.4. The van der Waals surface area contributed by atoms with Crippen molar-refractivity contribution in [3.63, 3.8) is 0 Å². The molecule has 1 aliphatic rings. The van der Waals surface area contributed by atoms with Crippen LogP contribution in [-0.4, -0.2) is 26.9 Å². The van der Waals surface area contributed by atoms with E-state index in [2.05, 4.69) is 9.97 Å². The summed E-state index contributed by atoms with van der Waals surface area (Å²) in [6, 6.07) is 3.69. The van der Waals surface area contributed by atoms with Crippen LogP contribution in [0.2, 0.25) is 5.02 Å². The predicted octanol–water partition coefficient (Wildman–Crippen LogP) is 2.18. The van der Waals surface area contributed by atoms with Crippen LogP contribution in [0.25, 0.3) is 0 Å². The number of carbonyl (C=O) groups excluding carboxylic acids is 1. The van der Waals surface area contributed by atoms with Crippen LogP contribution >= 0.6 is 11.6 Å². The zero-order valence-corrected chi connectivity index (χ0v) is 13.9. The third-order valence-electron chi connectivity index (χ3n) is 3.77. The number of aromatic nitrogens is 2. The number of nitrogens with zero attached hydrogens (tertiary/aromatic N) is 2. The average molecular weight is 352 g/mol. The van der Waals surface area contributed by atoms with Gasteiger partial charge in [0.1, 0.15) is 17.4 Å². The molecule has 126 valence electrons. The highest BCUT2D eigenvalue weighted by Gasteiger charge is 2.31. The van der Waals surface area contributed by atoms with Gasteiger partial charge in [0.05, 0.1) is 29.4 Å². The number of nitrogens with one attached hydrogen (secondary N) is 1. The highest BCUT2D eigenvalue weighted by molar-refractivity contribution is 6.32. The fraction of sp³-hybridized carbons (Fsp3) is 0.312. The number of carbonyl (C=O) groups is 1. The van der Waals surface area contributed by atoms with Crippen LogP contribution in [0.5, 0.6) is 5.75 Å². The summed E-state index contributed by atoms with van der Waals surface area (Å²) in [5, 5.41) is 0.0908. The van der Waals surface area contributed by atoms with Gasteiger partial charge in [0, 0.05) is 0 Å². The molecule has 6 nitrogen and oxygen atoms in total. The van der Waals surface area contributed by atoms with Crippen molar-refractivity contribution in [2.45, 2.75) is 33.0 Å². The van der Waals surface area contributed by atoms with Gasteiger partial charge in [-0.1, -0.05) is 11.6 Å². The van der Waals surface area contributed by atoms with Gasteiger partial charge < -0.3 is 14.6 Å². The quantitative estimate of drug-likeness (QED) is 0.919. The standard InChI is InChI=1S/C16H15ClFN3O3/c1-8(24-14-4-3-10(18)5-12(14)17)16(23)21-6-11-13(7-21)19-9(2)20-15(11)22/h3-5,8H,6-7H2,1-2H3,(H,19,20,22). The summed E-state index contributed by atoms with van der Waals surface area (Å²) in [6.07, 6.45) is -0.831. The van der Waals surface area contributed by atoms with E-state index in [4.69, 9.17) is 16.3 Å². The molecule has 1 aromatic heterocycles. The molecule has 3 rings (SSSR count). The van der Waals surface area contributed by atoms with E-state index in [0.29, 0.717) is 17.1 Å². The zero-order chi connectivity index (χ0) is 17.4. The molecule has 0 spiro atoms. The van der Waals surface area contributed by atoms with Gasteiger partial charge in [-0.3, -0.25) is 9.59 Å². The highest BCUT2D eigenvalue weighted by atomic mass is 35.5. The van der Waals surface area contributed by atoms with Crippen LogP contribution in [0.3, 0.4) is 0 Å². The van der Waals surface area contributed by atoms with Gasteiger partial charge in [-0.25, -0.2) is 9.37 Å². The first-order chi connectivity index (χ1) is 11.3. The van der Waals surface area contributed by atoms with Crippen LogP contribution < -0.4 is 10.3 Å². The molecule has 1 aromatic carbocycles. The number of aryl methyl sites for hydroxylation is 1. The molecular weight excluding hydrogens is 337 g/mol. The fourth-order valence-corrected chi connectivity index (χ4v) is 2.83. The lowest BCUT2D eigenvalue weighted by Gasteiger charge is -2.21. The average Bonchev–Trinajstić information content (AvgIpc) is 2.93.